The summed E-state index contributed by atoms with van der Waals surface area (Å²) < 4.78 is 1.69. The van der Waals surface area contributed by atoms with Gasteiger partial charge in [-0.1, -0.05) is 12.1 Å². The van der Waals surface area contributed by atoms with E-state index in [1.807, 2.05) is 31.3 Å². The molecule has 6 nitrogen and oxygen atoms in total. The Morgan fingerprint density at radius 3 is 2.74 bits per heavy atom. The van der Waals surface area contributed by atoms with Crippen molar-refractivity contribution in [2.24, 2.45) is 7.05 Å². The van der Waals surface area contributed by atoms with Gasteiger partial charge in [0.2, 0.25) is 0 Å². The molecule has 0 fully saturated rings. The number of nitrogens with one attached hydrogen (secondary N) is 1. The molecule has 1 aromatic carbocycles. The molecule has 0 unspecified atom stereocenters. The van der Waals surface area contributed by atoms with Crippen molar-refractivity contribution < 1.29 is 0 Å². The number of fused-ring (bicyclic) bond motifs is 1. The first-order valence-electron chi connectivity index (χ1n) is 6.07. The van der Waals surface area contributed by atoms with Gasteiger partial charge in [-0.15, -0.1) is 0 Å². The molecule has 0 aliphatic carbocycles. The van der Waals surface area contributed by atoms with E-state index in [0.717, 1.165) is 22.6 Å². The third-order valence-corrected chi connectivity index (χ3v) is 2.73. The predicted molar refractivity (Wildman–Crippen MR) is 71.1 cm³/mol. The highest BCUT2D eigenvalue weighted by Crippen LogP contribution is 2.08. The molecule has 0 aliphatic rings. The smallest absolute Gasteiger partial charge is 0.164 e. The van der Waals surface area contributed by atoms with Gasteiger partial charge in [0.15, 0.2) is 5.82 Å². The van der Waals surface area contributed by atoms with Gasteiger partial charge in [0.05, 0.1) is 29.5 Å². The van der Waals surface area contributed by atoms with Crippen LogP contribution in [0.1, 0.15) is 11.5 Å². The Labute approximate surface area is 110 Å². The first-order valence-corrected chi connectivity index (χ1v) is 6.07. The van der Waals surface area contributed by atoms with Crippen LogP contribution in [0.2, 0.25) is 0 Å². The van der Waals surface area contributed by atoms with Gasteiger partial charge in [-0.3, -0.25) is 9.67 Å². The summed E-state index contributed by atoms with van der Waals surface area (Å²) in [7, 11) is 1.85. The molecule has 0 bridgehead atoms. The van der Waals surface area contributed by atoms with Crippen LogP contribution in [-0.2, 0) is 20.1 Å². The van der Waals surface area contributed by atoms with Crippen LogP contribution in [0.25, 0.3) is 11.0 Å². The molecule has 1 N–H and O–H groups in total. The largest absolute Gasteiger partial charge is 0.304 e. The van der Waals surface area contributed by atoms with Gasteiger partial charge >= 0.3 is 0 Å². The lowest BCUT2D eigenvalue weighted by atomic mass is 10.3. The first-order chi connectivity index (χ1) is 9.31. The number of nitrogens with zero attached hydrogens (tertiary/aromatic N) is 5. The minimum Gasteiger partial charge on any atom is -0.304 e. The lowest BCUT2D eigenvalue weighted by molar-refractivity contribution is 0.640. The van der Waals surface area contributed by atoms with Crippen LogP contribution in [0.4, 0.5) is 0 Å². The molecule has 0 saturated heterocycles. The Morgan fingerprint density at radius 2 is 1.95 bits per heavy atom. The van der Waals surface area contributed by atoms with Gasteiger partial charge < -0.3 is 5.32 Å². The van der Waals surface area contributed by atoms with Crippen molar-refractivity contribution in [2.45, 2.75) is 13.1 Å². The van der Waals surface area contributed by atoms with Crippen molar-refractivity contribution in [3.05, 3.63) is 48.3 Å². The van der Waals surface area contributed by atoms with Crippen molar-refractivity contribution in [3.63, 3.8) is 0 Å². The Kier molecular flexibility index (Phi) is 3.16. The highest BCUT2D eigenvalue weighted by Gasteiger charge is 2.01. The van der Waals surface area contributed by atoms with E-state index in [0.29, 0.717) is 13.1 Å². The van der Waals surface area contributed by atoms with Crippen LogP contribution in [0.3, 0.4) is 0 Å². The fourth-order valence-electron chi connectivity index (χ4n) is 1.85. The summed E-state index contributed by atoms with van der Waals surface area (Å²) in [6.45, 7) is 1.27. The summed E-state index contributed by atoms with van der Waals surface area (Å²) in [6, 6.07) is 7.84. The van der Waals surface area contributed by atoms with E-state index >= 15 is 0 Å². The lowest BCUT2D eigenvalue weighted by Crippen LogP contribution is -2.15. The van der Waals surface area contributed by atoms with Gasteiger partial charge in [-0.25, -0.2) is 9.97 Å². The van der Waals surface area contributed by atoms with E-state index in [4.69, 9.17) is 0 Å². The highest BCUT2D eigenvalue weighted by atomic mass is 15.3. The maximum Gasteiger partial charge on any atom is 0.164 e. The number of hydrogen-bond donors (Lipinski definition) is 1. The van der Waals surface area contributed by atoms with Gasteiger partial charge in [0, 0.05) is 13.6 Å². The average Bonchev–Trinajstić information content (AvgIpc) is 2.84. The van der Waals surface area contributed by atoms with E-state index in [9.17, 15) is 0 Å². The number of para-hydroxylation sites is 2. The quantitative estimate of drug-likeness (QED) is 0.753. The molecule has 0 saturated carbocycles. The lowest BCUT2D eigenvalue weighted by Gasteiger charge is -2.03. The summed E-state index contributed by atoms with van der Waals surface area (Å²) in [6.07, 6.45) is 3.48. The Hall–Kier alpha value is -2.34. The minimum atomic E-state index is 0.620. The number of benzene rings is 1. The van der Waals surface area contributed by atoms with E-state index < -0.39 is 0 Å². The summed E-state index contributed by atoms with van der Waals surface area (Å²) in [5.74, 6) is 0.774. The zero-order valence-corrected chi connectivity index (χ0v) is 10.6. The normalized spacial score (nSPS) is 11.0. The molecule has 3 aromatic rings. The molecule has 3 rings (SSSR count). The van der Waals surface area contributed by atoms with Crippen LogP contribution < -0.4 is 5.32 Å². The zero-order chi connectivity index (χ0) is 13.1. The van der Waals surface area contributed by atoms with E-state index in [1.54, 1.807) is 17.2 Å². The van der Waals surface area contributed by atoms with E-state index in [1.165, 1.54) is 0 Å². The van der Waals surface area contributed by atoms with E-state index in [2.05, 4.69) is 25.4 Å². The molecule has 0 atom stereocenters. The summed E-state index contributed by atoms with van der Waals surface area (Å²) in [5, 5.41) is 7.45. The van der Waals surface area contributed by atoms with Gasteiger partial charge in [0.25, 0.3) is 0 Å². The molecular weight excluding hydrogens is 240 g/mol. The second-order valence-electron chi connectivity index (χ2n) is 4.29. The number of rotatable bonds is 4. The summed E-state index contributed by atoms with van der Waals surface area (Å²) >= 11 is 0. The molecule has 0 amide bonds. The highest BCUT2D eigenvalue weighted by molar-refractivity contribution is 5.73. The van der Waals surface area contributed by atoms with Crippen molar-refractivity contribution in [3.8, 4) is 0 Å². The van der Waals surface area contributed by atoms with Gasteiger partial charge in [-0.05, 0) is 12.1 Å². The third kappa shape index (κ3) is 2.74. The molecule has 0 spiro atoms. The maximum atomic E-state index is 4.54. The number of hydrogen-bond acceptors (Lipinski definition) is 5. The summed E-state index contributed by atoms with van der Waals surface area (Å²) in [5.41, 5.74) is 2.74. The molecule has 96 valence electrons. The fourth-order valence-corrected chi connectivity index (χ4v) is 1.85. The van der Waals surface area contributed by atoms with Gasteiger partial charge in [-0.2, -0.15) is 5.10 Å². The van der Waals surface area contributed by atoms with E-state index in [-0.39, 0.29) is 0 Å². The third-order valence-electron chi connectivity index (χ3n) is 2.73. The predicted octanol–water partition coefficient (Wildman–Crippen LogP) is 1.05. The Balaban J connectivity index is 1.65. The van der Waals surface area contributed by atoms with Crippen molar-refractivity contribution >= 4 is 11.0 Å². The molecule has 19 heavy (non-hydrogen) atoms. The SMILES string of the molecule is Cn1cnc(CNCc2cnc3ccccc3n2)n1. The average molecular weight is 254 g/mol. The topological polar surface area (TPSA) is 68.5 Å². The number of aryl methyl sites for hydroxylation is 1. The molecule has 2 heterocycles. The van der Waals surface area contributed by atoms with Crippen LogP contribution in [0.15, 0.2) is 36.8 Å². The van der Waals surface area contributed by atoms with Crippen LogP contribution in [-0.4, -0.2) is 24.7 Å². The Morgan fingerprint density at radius 1 is 1.11 bits per heavy atom. The standard InChI is InChI=1S/C13H14N6/c1-19-9-16-13(18-19)8-14-6-10-7-15-11-4-2-3-5-12(11)17-10/h2-5,7,9,14H,6,8H2,1H3. The van der Waals surface area contributed by atoms with Crippen LogP contribution in [0.5, 0.6) is 0 Å². The summed E-state index contributed by atoms with van der Waals surface area (Å²) in [4.78, 5) is 13.1. The second kappa shape index (κ2) is 5.11. The molecule has 2 aromatic heterocycles. The monoisotopic (exact) mass is 254 g/mol. The number of aromatic nitrogens is 5. The second-order valence-corrected chi connectivity index (χ2v) is 4.29. The molecule has 0 aliphatic heterocycles. The molecule has 0 radical (unpaired) electrons. The minimum absolute atomic E-state index is 0.620. The van der Waals surface area contributed by atoms with Gasteiger partial charge in [0.1, 0.15) is 6.33 Å². The van der Waals surface area contributed by atoms with Crippen LogP contribution in [0, 0.1) is 0 Å². The van der Waals surface area contributed by atoms with Crippen molar-refractivity contribution in [2.75, 3.05) is 0 Å². The fraction of sp³-hybridized carbons (Fsp3) is 0.231. The zero-order valence-electron chi connectivity index (χ0n) is 10.6. The van der Waals surface area contributed by atoms with Crippen LogP contribution >= 0.6 is 0 Å². The molecule has 6 heteroatoms. The Bertz CT molecular complexity index is 690. The van der Waals surface area contributed by atoms with Crippen molar-refractivity contribution in [1.82, 2.24) is 30.0 Å². The first kappa shape index (κ1) is 11.7. The molecular formula is C13H14N6. The maximum absolute atomic E-state index is 4.54. The van der Waals surface area contributed by atoms with Crippen molar-refractivity contribution in [1.29, 1.82) is 0 Å².